The Hall–Kier alpha value is -2.42. The van der Waals surface area contributed by atoms with Crippen molar-refractivity contribution < 1.29 is 9.18 Å². The normalized spacial score (nSPS) is 34.9. The average Bonchev–Trinajstić information content (AvgIpc) is 3.10. The molecule has 5 nitrogen and oxygen atoms in total. The van der Waals surface area contributed by atoms with Gasteiger partial charge in [0.25, 0.3) is 5.91 Å². The minimum atomic E-state index is -1.59. The summed E-state index contributed by atoms with van der Waals surface area (Å²) in [6.45, 7) is 9.54. The van der Waals surface area contributed by atoms with E-state index >= 15 is 0 Å². The van der Waals surface area contributed by atoms with Crippen LogP contribution in [0.1, 0.15) is 70.6 Å². The van der Waals surface area contributed by atoms with Crippen LogP contribution in [-0.4, -0.2) is 29.0 Å². The number of nitrogens with zero attached hydrogens (tertiary/aromatic N) is 3. The Kier molecular flexibility index (Phi) is 4.96. The molecule has 1 fully saturated rings. The molecule has 3 aliphatic rings. The van der Waals surface area contributed by atoms with Crippen molar-refractivity contribution >= 4 is 11.9 Å². The second-order valence-electron chi connectivity index (χ2n) is 10.6. The molecule has 1 heterocycles. The van der Waals surface area contributed by atoms with Gasteiger partial charge in [-0.05, 0) is 74.1 Å². The lowest BCUT2D eigenvalue weighted by Gasteiger charge is -2.51. The number of nitriles is 1. The number of carbonyl (C=O) groups is 1. The topological polar surface area (TPSA) is 82.5 Å². The van der Waals surface area contributed by atoms with Crippen LogP contribution in [-0.2, 0) is 16.8 Å². The number of carbonyl (C=O) groups excluding carboxylic acids is 1. The largest absolute Gasteiger partial charge is 0.369 e. The molecule has 1 amide bonds. The summed E-state index contributed by atoms with van der Waals surface area (Å²) in [6.07, 6.45) is 3.51. The molecule has 4 rings (SSSR count). The van der Waals surface area contributed by atoms with E-state index < -0.39 is 16.6 Å². The number of benzene rings is 1. The van der Waals surface area contributed by atoms with Gasteiger partial charge in [-0.25, -0.2) is 9.38 Å². The minimum absolute atomic E-state index is 0.0876. The maximum absolute atomic E-state index is 14.6. The molecule has 0 aromatic heterocycles. The minimum Gasteiger partial charge on any atom is -0.369 e. The van der Waals surface area contributed by atoms with Gasteiger partial charge >= 0.3 is 0 Å². The monoisotopic (exact) mass is 424 g/mol. The zero-order valence-electron chi connectivity index (χ0n) is 19.2. The maximum atomic E-state index is 14.6. The number of rotatable bonds is 3. The summed E-state index contributed by atoms with van der Waals surface area (Å²) < 4.78 is 14.6. The molecule has 2 N–H and O–H groups in total. The second-order valence-corrected chi connectivity index (χ2v) is 10.6. The molecule has 166 valence electrons. The summed E-state index contributed by atoms with van der Waals surface area (Å²) in [5.74, 6) is 1.31. The second kappa shape index (κ2) is 7.05. The molecule has 1 saturated carbocycles. The number of hydrogen-bond donors (Lipinski definition) is 1. The molecule has 0 bridgehead atoms. The predicted molar refractivity (Wildman–Crippen MR) is 119 cm³/mol. The van der Waals surface area contributed by atoms with Crippen LogP contribution < -0.4 is 5.73 Å². The molecule has 31 heavy (non-hydrogen) atoms. The van der Waals surface area contributed by atoms with Crippen molar-refractivity contribution in [3.8, 4) is 6.07 Å². The van der Waals surface area contributed by atoms with Gasteiger partial charge in [-0.1, -0.05) is 33.3 Å². The van der Waals surface area contributed by atoms with Gasteiger partial charge in [0.1, 0.15) is 5.67 Å². The lowest BCUT2D eigenvalue weighted by atomic mass is 9.54. The number of nitrogens with two attached hydrogens (primary N) is 1. The van der Waals surface area contributed by atoms with Crippen LogP contribution in [0.5, 0.6) is 0 Å². The molecular formula is C25H33FN4O. The van der Waals surface area contributed by atoms with Crippen LogP contribution in [0, 0.1) is 34.5 Å². The lowest BCUT2D eigenvalue weighted by molar-refractivity contribution is -0.140. The van der Waals surface area contributed by atoms with Crippen LogP contribution in [0.4, 0.5) is 4.39 Å². The molecule has 6 heteroatoms. The van der Waals surface area contributed by atoms with Crippen molar-refractivity contribution in [1.29, 1.82) is 5.26 Å². The summed E-state index contributed by atoms with van der Waals surface area (Å²) >= 11 is 0. The van der Waals surface area contributed by atoms with Crippen molar-refractivity contribution in [2.45, 2.75) is 71.5 Å². The zero-order chi connectivity index (χ0) is 22.8. The van der Waals surface area contributed by atoms with Crippen LogP contribution in [0.15, 0.2) is 23.2 Å². The van der Waals surface area contributed by atoms with E-state index in [4.69, 9.17) is 10.7 Å². The lowest BCUT2D eigenvalue weighted by Crippen LogP contribution is -2.55. The van der Waals surface area contributed by atoms with Crippen molar-refractivity contribution in [3.05, 3.63) is 34.9 Å². The highest BCUT2D eigenvalue weighted by Gasteiger charge is 2.68. The Labute approximate surface area is 184 Å². The third-order valence-corrected chi connectivity index (χ3v) is 8.10. The first-order valence-electron chi connectivity index (χ1n) is 11.4. The Balaban J connectivity index is 1.92. The van der Waals surface area contributed by atoms with E-state index in [1.165, 1.54) is 18.7 Å². The van der Waals surface area contributed by atoms with Gasteiger partial charge in [0.05, 0.1) is 18.2 Å². The van der Waals surface area contributed by atoms with E-state index in [-0.39, 0.29) is 18.4 Å². The predicted octanol–water partition coefficient (Wildman–Crippen LogP) is 4.29. The van der Waals surface area contributed by atoms with Gasteiger partial charge in [-0.2, -0.15) is 5.26 Å². The molecule has 1 aromatic carbocycles. The van der Waals surface area contributed by atoms with Gasteiger partial charge in [0, 0.05) is 5.41 Å². The van der Waals surface area contributed by atoms with Crippen LogP contribution in [0.25, 0.3) is 0 Å². The summed E-state index contributed by atoms with van der Waals surface area (Å²) in [6, 6.07) is 7.79. The number of halogens is 1. The Bertz CT molecular complexity index is 990. The third kappa shape index (κ3) is 3.08. The molecule has 0 radical (unpaired) electrons. The van der Waals surface area contributed by atoms with Gasteiger partial charge < -0.3 is 5.73 Å². The van der Waals surface area contributed by atoms with Crippen LogP contribution >= 0.6 is 0 Å². The summed E-state index contributed by atoms with van der Waals surface area (Å²) in [5.41, 5.74) is 5.47. The number of fused-ring (bicyclic) bond motifs is 3. The molecular weight excluding hydrogens is 391 g/mol. The Morgan fingerprint density at radius 1 is 1.35 bits per heavy atom. The molecule has 2 spiro atoms. The van der Waals surface area contributed by atoms with Crippen molar-refractivity contribution in [1.82, 2.24) is 4.90 Å². The summed E-state index contributed by atoms with van der Waals surface area (Å²) in [4.78, 5) is 20.3. The van der Waals surface area contributed by atoms with E-state index in [0.717, 1.165) is 36.8 Å². The van der Waals surface area contributed by atoms with Crippen molar-refractivity contribution in [2.24, 2.45) is 33.9 Å². The van der Waals surface area contributed by atoms with E-state index in [0.29, 0.717) is 23.3 Å². The van der Waals surface area contributed by atoms with Crippen LogP contribution in [0.2, 0.25) is 0 Å². The number of amides is 1. The van der Waals surface area contributed by atoms with E-state index in [9.17, 15) is 14.4 Å². The fourth-order valence-electron chi connectivity index (χ4n) is 6.54. The van der Waals surface area contributed by atoms with Gasteiger partial charge in [-0.3, -0.25) is 9.69 Å². The van der Waals surface area contributed by atoms with Gasteiger partial charge in [-0.15, -0.1) is 0 Å². The average molecular weight is 425 g/mol. The van der Waals surface area contributed by atoms with Gasteiger partial charge in [0.2, 0.25) is 0 Å². The van der Waals surface area contributed by atoms with E-state index in [1.807, 2.05) is 18.2 Å². The maximum Gasteiger partial charge on any atom is 0.262 e. The number of alkyl halides is 1. The van der Waals surface area contributed by atoms with Crippen molar-refractivity contribution in [3.63, 3.8) is 0 Å². The Morgan fingerprint density at radius 2 is 2.06 bits per heavy atom. The first kappa shape index (κ1) is 21.8. The Morgan fingerprint density at radius 3 is 2.68 bits per heavy atom. The van der Waals surface area contributed by atoms with Crippen molar-refractivity contribution in [2.75, 3.05) is 6.54 Å². The third-order valence-electron chi connectivity index (χ3n) is 8.10. The quantitative estimate of drug-likeness (QED) is 0.786. The molecule has 2 aliphatic carbocycles. The standard InChI is InChI=1S/C25H33FN4O/c1-6-18-11-24(10-15(2)16(18)3)12-19-8-7-17(13-27)9-20(19)25(24)21(31)30(22(28)29-25)14-23(4,5)26/h7-9,15-16,18H,6,10-12,14H2,1-5H3,(H2,28,29)/t15-,16+,18+,24+,25+/m0/s1. The summed E-state index contributed by atoms with van der Waals surface area (Å²) in [5, 5.41) is 9.53. The summed E-state index contributed by atoms with van der Waals surface area (Å²) in [7, 11) is 0. The first-order chi connectivity index (χ1) is 14.5. The highest BCUT2D eigenvalue weighted by Crippen LogP contribution is 2.64. The molecule has 1 aromatic rings. The molecule has 5 atom stereocenters. The van der Waals surface area contributed by atoms with E-state index in [1.54, 1.807) is 0 Å². The fourth-order valence-corrected chi connectivity index (χ4v) is 6.54. The fraction of sp³-hybridized carbons (Fsp3) is 0.640. The zero-order valence-corrected chi connectivity index (χ0v) is 19.2. The highest BCUT2D eigenvalue weighted by atomic mass is 19.1. The van der Waals surface area contributed by atoms with E-state index in [2.05, 4.69) is 26.8 Å². The SMILES string of the molecule is CC[C@@H]1C[C@@]2(Cc3ccc(C#N)cc3[C@]23N=C(N)N(CC(C)(C)F)C3=O)C[C@H](C)[C@H]1C. The van der Waals surface area contributed by atoms with Gasteiger partial charge in [0.15, 0.2) is 11.5 Å². The number of guanidine groups is 1. The number of aliphatic imine (C=N–C) groups is 1. The molecule has 0 unspecified atom stereocenters. The molecule has 0 saturated heterocycles. The first-order valence-corrected chi connectivity index (χ1v) is 11.4. The highest BCUT2D eigenvalue weighted by molar-refractivity contribution is 6.08. The smallest absolute Gasteiger partial charge is 0.262 e. The van der Waals surface area contributed by atoms with Crippen LogP contribution in [0.3, 0.4) is 0 Å². The number of hydrogen-bond acceptors (Lipinski definition) is 4. The molecule has 1 aliphatic heterocycles.